The smallest absolute Gasteiger partial charge is 0.349 e. The van der Waals surface area contributed by atoms with Crippen LogP contribution >= 0.6 is 11.3 Å². The van der Waals surface area contributed by atoms with E-state index in [0.29, 0.717) is 0 Å². The number of thiophene rings is 1. The van der Waals surface area contributed by atoms with Crippen molar-refractivity contribution in [3.8, 4) is 11.8 Å². The van der Waals surface area contributed by atoms with Crippen molar-refractivity contribution in [3.63, 3.8) is 0 Å². The van der Waals surface area contributed by atoms with Crippen molar-refractivity contribution in [1.82, 2.24) is 0 Å². The lowest BCUT2D eigenvalue weighted by molar-refractivity contribution is 0.0698. The number of rotatable bonds is 3. The number of nitrogens with zero attached hydrogens (tertiary/aromatic N) is 1. The molecule has 68 valence electrons. The molecule has 13 heavy (non-hydrogen) atoms. The topological polar surface area (TPSA) is 70.3 Å². The molecule has 1 aromatic heterocycles. The van der Waals surface area contributed by atoms with E-state index in [1.807, 2.05) is 0 Å². The van der Waals surface area contributed by atoms with E-state index in [-0.39, 0.29) is 17.2 Å². The van der Waals surface area contributed by atoms with Crippen LogP contribution in [0.5, 0.6) is 5.75 Å². The number of aromatic carboxylic acids is 1. The monoisotopic (exact) mass is 197 g/mol. The quantitative estimate of drug-likeness (QED) is 0.799. The third-order valence-electron chi connectivity index (χ3n) is 1.31. The van der Waals surface area contributed by atoms with Crippen LogP contribution in [0.25, 0.3) is 0 Å². The first kappa shape index (κ1) is 9.55. The van der Waals surface area contributed by atoms with Crippen molar-refractivity contribution in [2.24, 2.45) is 0 Å². The average molecular weight is 197 g/mol. The molecule has 0 saturated carbocycles. The van der Waals surface area contributed by atoms with Crippen LogP contribution < -0.4 is 4.74 Å². The molecule has 0 saturated heterocycles. The van der Waals surface area contributed by atoms with Gasteiger partial charge in [0.25, 0.3) is 0 Å². The van der Waals surface area contributed by atoms with Crippen molar-refractivity contribution >= 4 is 17.3 Å². The van der Waals surface area contributed by atoms with Crippen LogP contribution in [0, 0.1) is 18.3 Å². The highest BCUT2D eigenvalue weighted by Gasteiger charge is 2.14. The minimum absolute atomic E-state index is 0.129. The highest BCUT2D eigenvalue weighted by atomic mass is 32.1. The summed E-state index contributed by atoms with van der Waals surface area (Å²) >= 11 is 1.14. The van der Waals surface area contributed by atoms with Crippen molar-refractivity contribution in [3.05, 3.63) is 15.8 Å². The number of hydrogen-bond donors (Lipinski definition) is 1. The van der Waals surface area contributed by atoms with Crippen LogP contribution in [0.1, 0.15) is 14.5 Å². The molecule has 0 fully saturated rings. The molecule has 4 nitrogen and oxygen atoms in total. The Morgan fingerprint density at radius 1 is 1.85 bits per heavy atom. The minimum Gasteiger partial charge on any atom is -0.477 e. The third kappa shape index (κ3) is 2.20. The molecular formula is C8H7NO3S. The first-order valence-electron chi connectivity index (χ1n) is 3.48. The summed E-state index contributed by atoms with van der Waals surface area (Å²) in [6.45, 7) is 1.66. The van der Waals surface area contributed by atoms with Gasteiger partial charge in [-0.25, -0.2) is 4.79 Å². The molecule has 5 heteroatoms. The van der Waals surface area contributed by atoms with E-state index in [9.17, 15) is 4.79 Å². The van der Waals surface area contributed by atoms with Gasteiger partial charge < -0.3 is 9.84 Å². The highest BCUT2D eigenvalue weighted by molar-refractivity contribution is 7.14. The van der Waals surface area contributed by atoms with Gasteiger partial charge in [-0.05, 0) is 13.0 Å². The van der Waals surface area contributed by atoms with Gasteiger partial charge in [-0.3, -0.25) is 0 Å². The standard InChI is InChI=1S/C8H7NO3S/c1-5-4-6(12-3-2-9)7(13-5)8(10)11/h4H,3H2,1H3,(H,10,11). The van der Waals surface area contributed by atoms with E-state index < -0.39 is 5.97 Å². The molecule has 0 amide bonds. The van der Waals surface area contributed by atoms with Crippen LogP contribution in [0.15, 0.2) is 6.07 Å². The predicted octanol–water partition coefficient (Wildman–Crippen LogP) is 1.66. The zero-order valence-corrected chi connectivity index (χ0v) is 7.72. The number of ether oxygens (including phenoxy) is 1. The lowest BCUT2D eigenvalue weighted by Gasteiger charge is -1.97. The van der Waals surface area contributed by atoms with E-state index in [2.05, 4.69) is 0 Å². The molecule has 0 radical (unpaired) electrons. The molecule has 1 aromatic rings. The van der Waals surface area contributed by atoms with Gasteiger partial charge in [-0.2, -0.15) is 5.26 Å². The Morgan fingerprint density at radius 2 is 2.54 bits per heavy atom. The molecule has 0 spiro atoms. The fraction of sp³-hybridized carbons (Fsp3) is 0.250. The van der Waals surface area contributed by atoms with Crippen molar-refractivity contribution in [1.29, 1.82) is 5.26 Å². The first-order valence-corrected chi connectivity index (χ1v) is 4.30. The van der Waals surface area contributed by atoms with E-state index >= 15 is 0 Å². The Hall–Kier alpha value is -1.54. The fourth-order valence-corrected chi connectivity index (χ4v) is 1.65. The van der Waals surface area contributed by atoms with Crippen molar-refractivity contribution in [2.75, 3.05) is 6.61 Å². The maximum absolute atomic E-state index is 10.6. The summed E-state index contributed by atoms with van der Waals surface area (Å²) in [5.74, 6) is -0.748. The number of hydrogen-bond acceptors (Lipinski definition) is 4. The Bertz CT molecular complexity index is 364. The Morgan fingerprint density at radius 3 is 3.08 bits per heavy atom. The summed E-state index contributed by atoms with van der Waals surface area (Å²) < 4.78 is 4.94. The second kappa shape index (κ2) is 3.92. The van der Waals surface area contributed by atoms with Crippen LogP contribution in [0.4, 0.5) is 0 Å². The Labute approximate surface area is 79.0 Å². The van der Waals surface area contributed by atoms with Gasteiger partial charge >= 0.3 is 5.97 Å². The molecule has 0 aliphatic heterocycles. The molecule has 0 aliphatic rings. The molecular weight excluding hydrogens is 190 g/mol. The van der Waals surface area contributed by atoms with Crippen LogP contribution in [0.3, 0.4) is 0 Å². The number of aryl methyl sites for hydroxylation is 1. The summed E-state index contributed by atoms with van der Waals surface area (Å²) in [4.78, 5) is 11.6. The van der Waals surface area contributed by atoms with Gasteiger partial charge in [0.1, 0.15) is 11.8 Å². The minimum atomic E-state index is -1.02. The Balaban J connectivity index is 2.92. The predicted molar refractivity (Wildman–Crippen MR) is 47.1 cm³/mol. The van der Waals surface area contributed by atoms with E-state index in [1.54, 1.807) is 19.1 Å². The van der Waals surface area contributed by atoms with Gasteiger partial charge in [0.15, 0.2) is 11.5 Å². The van der Waals surface area contributed by atoms with Crippen molar-refractivity contribution < 1.29 is 14.6 Å². The van der Waals surface area contributed by atoms with Crippen molar-refractivity contribution in [2.45, 2.75) is 6.92 Å². The van der Waals surface area contributed by atoms with E-state index in [4.69, 9.17) is 15.1 Å². The zero-order chi connectivity index (χ0) is 9.84. The van der Waals surface area contributed by atoms with Crippen LogP contribution in [0.2, 0.25) is 0 Å². The fourth-order valence-electron chi connectivity index (χ4n) is 0.857. The second-order valence-electron chi connectivity index (χ2n) is 2.30. The maximum Gasteiger partial charge on any atom is 0.349 e. The lowest BCUT2D eigenvalue weighted by atomic mass is 10.4. The molecule has 0 atom stereocenters. The van der Waals surface area contributed by atoms with Gasteiger partial charge in [0.2, 0.25) is 0 Å². The molecule has 1 N–H and O–H groups in total. The highest BCUT2D eigenvalue weighted by Crippen LogP contribution is 2.28. The Kier molecular flexibility index (Phi) is 2.88. The van der Waals surface area contributed by atoms with Gasteiger partial charge in [-0.15, -0.1) is 11.3 Å². The first-order chi connectivity index (χ1) is 6.15. The van der Waals surface area contributed by atoms with Gasteiger partial charge in [-0.1, -0.05) is 0 Å². The SMILES string of the molecule is Cc1cc(OCC#N)c(C(=O)O)s1. The number of carboxylic acid groups (broad SMARTS) is 1. The molecule has 1 rings (SSSR count). The zero-order valence-electron chi connectivity index (χ0n) is 6.90. The second-order valence-corrected chi connectivity index (χ2v) is 3.56. The molecule has 0 aromatic carbocycles. The third-order valence-corrected chi connectivity index (χ3v) is 2.33. The summed E-state index contributed by atoms with van der Waals surface area (Å²) in [7, 11) is 0. The summed E-state index contributed by atoms with van der Waals surface area (Å²) in [6.07, 6.45) is 0. The van der Waals surface area contributed by atoms with E-state index in [1.165, 1.54) is 0 Å². The maximum atomic E-state index is 10.6. The van der Waals surface area contributed by atoms with Gasteiger partial charge in [0, 0.05) is 4.88 Å². The molecule has 1 heterocycles. The summed E-state index contributed by atoms with van der Waals surface area (Å²) in [6, 6.07) is 3.40. The van der Waals surface area contributed by atoms with Crippen LogP contribution in [-0.4, -0.2) is 17.7 Å². The summed E-state index contributed by atoms with van der Waals surface area (Å²) in [5, 5.41) is 17.0. The molecule has 0 bridgehead atoms. The molecule has 0 aliphatic carbocycles. The van der Waals surface area contributed by atoms with Gasteiger partial charge in [0.05, 0.1) is 0 Å². The molecule has 0 unspecified atom stereocenters. The number of carboxylic acids is 1. The lowest BCUT2D eigenvalue weighted by Crippen LogP contribution is -1.99. The number of nitriles is 1. The van der Waals surface area contributed by atoms with Crippen LogP contribution in [-0.2, 0) is 0 Å². The van der Waals surface area contributed by atoms with E-state index in [0.717, 1.165) is 16.2 Å². The normalized spacial score (nSPS) is 9.23. The summed E-state index contributed by atoms with van der Waals surface area (Å²) in [5.41, 5.74) is 0. The largest absolute Gasteiger partial charge is 0.477 e. The average Bonchev–Trinajstić information content (AvgIpc) is 2.43. The number of carbonyl (C=O) groups is 1.